The van der Waals surface area contributed by atoms with Crippen LogP contribution in [-0.4, -0.2) is 23.1 Å². The molecule has 2 aromatic rings. The Labute approximate surface area is 109 Å². The summed E-state index contributed by atoms with van der Waals surface area (Å²) in [5.41, 5.74) is 1.34. The third kappa shape index (κ3) is 3.19. The Kier molecular flexibility index (Phi) is 4.14. The maximum atomic E-state index is 11.7. The maximum absolute atomic E-state index is 11.7. The summed E-state index contributed by atoms with van der Waals surface area (Å²) in [5.74, 6) is -0.101. The molecule has 1 amide bonds. The van der Waals surface area contributed by atoms with Gasteiger partial charge in [0.1, 0.15) is 0 Å². The molecule has 0 atom stereocenters. The molecule has 0 fully saturated rings. The zero-order chi connectivity index (χ0) is 13.0. The van der Waals surface area contributed by atoms with Crippen LogP contribution >= 0.6 is 11.3 Å². The van der Waals surface area contributed by atoms with Gasteiger partial charge >= 0.3 is 7.12 Å². The van der Waals surface area contributed by atoms with Crippen molar-refractivity contribution >= 4 is 29.8 Å². The highest BCUT2D eigenvalue weighted by atomic mass is 32.1. The van der Waals surface area contributed by atoms with Gasteiger partial charge in [-0.3, -0.25) is 4.79 Å². The maximum Gasteiger partial charge on any atom is 0.488 e. The number of nitrogens with one attached hydrogen (secondary N) is 1. The summed E-state index contributed by atoms with van der Waals surface area (Å²) in [4.78, 5) is 12.4. The van der Waals surface area contributed by atoms with E-state index in [0.717, 1.165) is 5.56 Å². The number of thiophene rings is 1. The molecule has 0 spiro atoms. The number of rotatable bonds is 4. The molecule has 0 aliphatic rings. The quantitative estimate of drug-likeness (QED) is 0.696. The molecule has 0 saturated heterocycles. The Morgan fingerprint density at radius 1 is 1.22 bits per heavy atom. The molecule has 6 heteroatoms. The van der Waals surface area contributed by atoms with Crippen molar-refractivity contribution in [2.24, 2.45) is 0 Å². The molecule has 0 unspecified atom stereocenters. The van der Waals surface area contributed by atoms with Crippen molar-refractivity contribution in [3.8, 4) is 0 Å². The topological polar surface area (TPSA) is 69.6 Å². The smallest absolute Gasteiger partial charge is 0.423 e. The van der Waals surface area contributed by atoms with Crippen molar-refractivity contribution in [2.75, 3.05) is 0 Å². The molecule has 92 valence electrons. The molecule has 1 heterocycles. The van der Waals surface area contributed by atoms with E-state index in [-0.39, 0.29) is 5.91 Å². The van der Waals surface area contributed by atoms with Crippen molar-refractivity contribution in [2.45, 2.75) is 6.54 Å². The van der Waals surface area contributed by atoms with Crippen molar-refractivity contribution < 1.29 is 14.8 Å². The molecule has 0 aliphatic heterocycles. The van der Waals surface area contributed by atoms with Crippen molar-refractivity contribution in [3.63, 3.8) is 0 Å². The predicted octanol–water partition coefficient (Wildman–Crippen LogP) is 0.358. The number of amides is 1. The van der Waals surface area contributed by atoms with E-state index in [1.807, 2.05) is 11.4 Å². The van der Waals surface area contributed by atoms with E-state index < -0.39 is 7.12 Å². The minimum absolute atomic E-state index is 0.101. The Hall–Kier alpha value is -1.63. The van der Waals surface area contributed by atoms with Gasteiger partial charge in [-0.1, -0.05) is 30.3 Å². The van der Waals surface area contributed by atoms with Gasteiger partial charge in [-0.2, -0.15) is 0 Å². The lowest BCUT2D eigenvalue weighted by molar-refractivity contribution is 0.0955. The molecule has 4 nitrogen and oxygen atoms in total. The monoisotopic (exact) mass is 261 g/mol. The second-order valence-electron chi connectivity index (χ2n) is 3.78. The van der Waals surface area contributed by atoms with Crippen LogP contribution in [0.2, 0.25) is 0 Å². The molecule has 0 bridgehead atoms. The fraction of sp³-hybridized carbons (Fsp3) is 0.0833. The zero-order valence-corrected chi connectivity index (χ0v) is 10.4. The molecule has 0 saturated carbocycles. The van der Waals surface area contributed by atoms with Gasteiger partial charge in [0, 0.05) is 6.54 Å². The number of carbonyl (C=O) groups excluding carboxylic acids is 1. The van der Waals surface area contributed by atoms with Gasteiger partial charge in [-0.05, 0) is 22.5 Å². The summed E-state index contributed by atoms with van der Waals surface area (Å²) in [7, 11) is -1.46. The fourth-order valence-corrected chi connectivity index (χ4v) is 2.12. The summed E-state index contributed by atoms with van der Waals surface area (Å²) >= 11 is 1.39. The third-order valence-corrected chi connectivity index (χ3v) is 3.34. The van der Waals surface area contributed by atoms with Crippen molar-refractivity contribution in [3.05, 3.63) is 52.2 Å². The lowest BCUT2D eigenvalue weighted by Gasteiger charge is -2.05. The van der Waals surface area contributed by atoms with Crippen LogP contribution in [0.4, 0.5) is 0 Å². The van der Waals surface area contributed by atoms with E-state index in [0.29, 0.717) is 16.9 Å². The lowest BCUT2D eigenvalue weighted by atomic mass is 9.80. The first-order valence-electron chi connectivity index (χ1n) is 5.43. The van der Waals surface area contributed by atoms with E-state index in [1.54, 1.807) is 30.3 Å². The number of benzene rings is 1. The van der Waals surface area contributed by atoms with Gasteiger partial charge in [-0.15, -0.1) is 11.3 Å². The molecule has 1 aromatic heterocycles. The van der Waals surface area contributed by atoms with Gasteiger partial charge in [0.05, 0.1) is 4.88 Å². The van der Waals surface area contributed by atoms with Crippen LogP contribution in [0.1, 0.15) is 15.2 Å². The molecule has 1 aromatic carbocycles. The number of hydrogen-bond acceptors (Lipinski definition) is 4. The van der Waals surface area contributed by atoms with E-state index in [4.69, 9.17) is 10.0 Å². The van der Waals surface area contributed by atoms with Gasteiger partial charge < -0.3 is 15.4 Å². The summed E-state index contributed by atoms with van der Waals surface area (Å²) in [6, 6.07) is 10.4. The van der Waals surface area contributed by atoms with E-state index in [2.05, 4.69) is 5.32 Å². The molecular formula is C12H12BNO3S. The standard InChI is InChI=1S/C12H12BNO3S/c15-12(11-2-1-7-18-11)14-8-9-3-5-10(6-4-9)13(16)17/h1-7,16-17H,8H2,(H,14,15). The molecule has 0 radical (unpaired) electrons. The van der Waals surface area contributed by atoms with Crippen LogP contribution in [0.5, 0.6) is 0 Å². The highest BCUT2D eigenvalue weighted by molar-refractivity contribution is 7.12. The Bertz CT molecular complexity index is 511. The Balaban J connectivity index is 1.92. The predicted molar refractivity (Wildman–Crippen MR) is 71.8 cm³/mol. The van der Waals surface area contributed by atoms with Crippen LogP contribution in [0.15, 0.2) is 41.8 Å². The summed E-state index contributed by atoms with van der Waals surface area (Å²) in [6.45, 7) is 0.415. The fourth-order valence-electron chi connectivity index (χ4n) is 1.48. The lowest BCUT2D eigenvalue weighted by Crippen LogP contribution is -2.29. The molecule has 18 heavy (non-hydrogen) atoms. The van der Waals surface area contributed by atoms with Gasteiger partial charge in [-0.25, -0.2) is 0 Å². The second kappa shape index (κ2) is 5.81. The summed E-state index contributed by atoms with van der Waals surface area (Å²) in [5, 5.41) is 22.5. The van der Waals surface area contributed by atoms with Crippen LogP contribution < -0.4 is 10.8 Å². The average Bonchev–Trinajstić information content (AvgIpc) is 2.90. The van der Waals surface area contributed by atoms with Gasteiger partial charge in [0.25, 0.3) is 5.91 Å². The molecule has 2 rings (SSSR count). The van der Waals surface area contributed by atoms with E-state index in [9.17, 15) is 4.79 Å². The van der Waals surface area contributed by atoms with Crippen molar-refractivity contribution in [1.29, 1.82) is 0 Å². The minimum atomic E-state index is -1.46. The van der Waals surface area contributed by atoms with Crippen LogP contribution in [0.3, 0.4) is 0 Å². The second-order valence-corrected chi connectivity index (χ2v) is 4.72. The summed E-state index contributed by atoms with van der Waals surface area (Å²) < 4.78 is 0. The Morgan fingerprint density at radius 2 is 1.94 bits per heavy atom. The highest BCUT2D eigenvalue weighted by Crippen LogP contribution is 2.08. The molecule has 0 aliphatic carbocycles. The average molecular weight is 261 g/mol. The van der Waals surface area contributed by atoms with E-state index in [1.165, 1.54) is 11.3 Å². The van der Waals surface area contributed by atoms with Crippen LogP contribution in [-0.2, 0) is 6.54 Å². The van der Waals surface area contributed by atoms with Crippen LogP contribution in [0.25, 0.3) is 0 Å². The summed E-state index contributed by atoms with van der Waals surface area (Å²) in [6.07, 6.45) is 0. The van der Waals surface area contributed by atoms with Crippen LogP contribution in [0, 0.1) is 0 Å². The SMILES string of the molecule is O=C(NCc1ccc(B(O)O)cc1)c1cccs1. The number of hydrogen-bond donors (Lipinski definition) is 3. The Morgan fingerprint density at radius 3 is 2.50 bits per heavy atom. The molecular weight excluding hydrogens is 249 g/mol. The largest absolute Gasteiger partial charge is 0.488 e. The number of carbonyl (C=O) groups is 1. The third-order valence-electron chi connectivity index (χ3n) is 2.48. The highest BCUT2D eigenvalue weighted by Gasteiger charge is 2.10. The first-order chi connectivity index (χ1) is 8.66. The van der Waals surface area contributed by atoms with E-state index >= 15 is 0 Å². The van der Waals surface area contributed by atoms with Gasteiger partial charge in [0.2, 0.25) is 0 Å². The molecule has 3 N–H and O–H groups in total. The first-order valence-corrected chi connectivity index (χ1v) is 6.31. The minimum Gasteiger partial charge on any atom is -0.423 e. The van der Waals surface area contributed by atoms with Gasteiger partial charge in [0.15, 0.2) is 0 Å². The van der Waals surface area contributed by atoms with Crippen molar-refractivity contribution in [1.82, 2.24) is 5.32 Å². The normalized spacial score (nSPS) is 10.1. The zero-order valence-electron chi connectivity index (χ0n) is 9.54. The first kappa shape index (κ1) is 12.8.